The second-order valence-corrected chi connectivity index (χ2v) is 8.98. The van der Waals surface area contributed by atoms with Gasteiger partial charge in [-0.2, -0.15) is 10.2 Å². The van der Waals surface area contributed by atoms with Gasteiger partial charge < -0.3 is 4.74 Å². The summed E-state index contributed by atoms with van der Waals surface area (Å²) in [5.41, 5.74) is 1.98. The fourth-order valence-corrected chi connectivity index (χ4v) is 5.17. The first-order valence-corrected chi connectivity index (χ1v) is 11.2. The Kier molecular flexibility index (Phi) is 6.92. The number of carbonyl (C=O) groups is 1. The topological polar surface area (TPSA) is 77.9 Å². The second kappa shape index (κ2) is 10.00. The second-order valence-electron chi connectivity index (χ2n) is 7.83. The molecule has 0 saturated heterocycles. The Hall–Kier alpha value is -2.51. The van der Waals surface area contributed by atoms with Crippen molar-refractivity contribution >= 4 is 17.1 Å². The van der Waals surface area contributed by atoms with Crippen molar-refractivity contribution in [3.8, 4) is 0 Å². The minimum absolute atomic E-state index is 0.0101. The van der Waals surface area contributed by atoms with Gasteiger partial charge in [0.2, 0.25) is 0 Å². The van der Waals surface area contributed by atoms with Crippen LogP contribution in [0.3, 0.4) is 0 Å². The van der Waals surface area contributed by atoms with Crippen LogP contribution in [0, 0.1) is 5.92 Å². The van der Waals surface area contributed by atoms with E-state index in [2.05, 4.69) is 26.5 Å². The molecule has 2 heterocycles. The van der Waals surface area contributed by atoms with Crippen LogP contribution >= 0.6 is 11.3 Å². The van der Waals surface area contributed by atoms with E-state index in [9.17, 15) is 4.79 Å². The summed E-state index contributed by atoms with van der Waals surface area (Å²) in [5.74, 6) is 1.14. The molecule has 1 aliphatic rings. The number of hydrogen-bond donors (Lipinski definition) is 0. The molecule has 1 unspecified atom stereocenters. The molecular weight excluding hydrogens is 396 g/mol. The van der Waals surface area contributed by atoms with Crippen molar-refractivity contribution in [3.05, 3.63) is 69.9 Å². The molecule has 6 nitrogen and oxygen atoms in total. The number of ketones is 1. The highest BCUT2D eigenvalue weighted by Gasteiger charge is 2.25. The molecule has 1 atom stereocenters. The summed E-state index contributed by atoms with van der Waals surface area (Å²) < 4.78 is 5.44. The molecule has 1 saturated carbocycles. The number of ether oxygens (including phenoxy) is 1. The molecule has 4 rings (SSSR count). The van der Waals surface area contributed by atoms with Gasteiger partial charge in [-0.1, -0.05) is 30.3 Å². The summed E-state index contributed by atoms with van der Waals surface area (Å²) in [4.78, 5) is 12.7. The number of methoxy groups -OCH3 is 1. The van der Waals surface area contributed by atoms with Crippen LogP contribution in [0.25, 0.3) is 0 Å². The predicted octanol–water partition coefficient (Wildman–Crippen LogP) is 4.34. The highest BCUT2D eigenvalue weighted by Crippen LogP contribution is 2.36. The number of Topliss-reactive ketones (excluding diaryl/α,β-unsaturated/α-hetero) is 1. The zero-order valence-electron chi connectivity index (χ0n) is 17.1. The van der Waals surface area contributed by atoms with Gasteiger partial charge in [0.15, 0.2) is 5.78 Å². The Labute approximate surface area is 180 Å². The number of carbonyl (C=O) groups excluding carboxylic acids is 1. The molecule has 0 bridgehead atoms. The largest absolute Gasteiger partial charge is 0.369 e. The summed E-state index contributed by atoms with van der Waals surface area (Å²) in [6.45, 7) is 0. The maximum Gasteiger partial charge on any atom is 0.172 e. The number of benzene rings is 1. The van der Waals surface area contributed by atoms with Gasteiger partial charge in [-0.15, -0.1) is 21.5 Å². The zero-order valence-corrected chi connectivity index (χ0v) is 17.9. The van der Waals surface area contributed by atoms with Crippen LogP contribution in [0.4, 0.5) is 0 Å². The smallest absolute Gasteiger partial charge is 0.172 e. The first-order chi connectivity index (χ1) is 14.7. The fourth-order valence-electron chi connectivity index (χ4n) is 4.21. The van der Waals surface area contributed by atoms with E-state index in [-0.39, 0.29) is 12.2 Å². The third kappa shape index (κ3) is 5.15. The lowest BCUT2D eigenvalue weighted by Crippen LogP contribution is -2.16. The van der Waals surface area contributed by atoms with Crippen molar-refractivity contribution in [1.82, 2.24) is 20.4 Å². The lowest BCUT2D eigenvalue weighted by molar-refractivity contribution is -0.128. The molecule has 7 heteroatoms. The zero-order chi connectivity index (χ0) is 20.8. The van der Waals surface area contributed by atoms with E-state index in [0.29, 0.717) is 11.8 Å². The van der Waals surface area contributed by atoms with E-state index in [0.717, 1.165) is 53.4 Å². The first kappa shape index (κ1) is 20.8. The van der Waals surface area contributed by atoms with Crippen LogP contribution in [-0.4, -0.2) is 33.3 Å². The minimum atomic E-state index is -0.560. The molecule has 0 spiro atoms. The predicted molar refractivity (Wildman–Crippen MR) is 115 cm³/mol. The van der Waals surface area contributed by atoms with E-state index in [1.165, 1.54) is 0 Å². The summed E-state index contributed by atoms with van der Waals surface area (Å²) >= 11 is 1.55. The van der Waals surface area contributed by atoms with Crippen LogP contribution in [0.15, 0.2) is 48.7 Å². The van der Waals surface area contributed by atoms with Crippen molar-refractivity contribution in [1.29, 1.82) is 0 Å². The van der Waals surface area contributed by atoms with Crippen LogP contribution in [-0.2, 0) is 22.4 Å². The van der Waals surface area contributed by atoms with Gasteiger partial charge in [-0.3, -0.25) is 4.79 Å². The molecule has 1 aromatic carbocycles. The van der Waals surface area contributed by atoms with Crippen LogP contribution in [0.5, 0.6) is 0 Å². The average Bonchev–Trinajstić information content (AvgIpc) is 3.23. The van der Waals surface area contributed by atoms with Gasteiger partial charge in [0.05, 0.1) is 12.1 Å². The maximum atomic E-state index is 12.7. The fraction of sp³-hybridized carbons (Fsp3) is 0.435. The minimum Gasteiger partial charge on any atom is -0.369 e. The van der Waals surface area contributed by atoms with Gasteiger partial charge in [-0.05, 0) is 49.3 Å². The molecule has 0 radical (unpaired) electrons. The Morgan fingerprint density at radius 1 is 1.03 bits per heavy atom. The Balaban J connectivity index is 1.30. The van der Waals surface area contributed by atoms with Gasteiger partial charge in [-0.25, -0.2) is 0 Å². The molecule has 30 heavy (non-hydrogen) atoms. The molecule has 0 amide bonds. The molecule has 1 fully saturated rings. The van der Waals surface area contributed by atoms with Gasteiger partial charge in [0.1, 0.15) is 16.1 Å². The van der Waals surface area contributed by atoms with E-state index in [1.54, 1.807) is 24.6 Å². The van der Waals surface area contributed by atoms with E-state index >= 15 is 0 Å². The third-order valence-electron chi connectivity index (χ3n) is 5.79. The van der Waals surface area contributed by atoms with Crippen molar-refractivity contribution in [3.63, 3.8) is 0 Å². The van der Waals surface area contributed by atoms with Crippen LogP contribution in [0.1, 0.15) is 59.0 Å². The van der Waals surface area contributed by atoms with Crippen LogP contribution < -0.4 is 0 Å². The molecule has 3 aromatic rings. The summed E-state index contributed by atoms with van der Waals surface area (Å²) in [6, 6.07) is 13.6. The van der Waals surface area contributed by atoms with Gasteiger partial charge in [0.25, 0.3) is 0 Å². The van der Waals surface area contributed by atoms with E-state index in [4.69, 9.17) is 4.74 Å². The van der Waals surface area contributed by atoms with Gasteiger partial charge >= 0.3 is 0 Å². The highest BCUT2D eigenvalue weighted by atomic mass is 32.1. The molecular formula is C23H26N4O2S. The molecule has 1 aliphatic carbocycles. The Morgan fingerprint density at radius 2 is 1.80 bits per heavy atom. The highest BCUT2D eigenvalue weighted by molar-refractivity contribution is 7.11. The monoisotopic (exact) mass is 422 g/mol. The number of rotatable bonds is 8. The molecule has 0 N–H and O–H groups in total. The number of hydrogen-bond acceptors (Lipinski definition) is 7. The lowest BCUT2D eigenvalue weighted by atomic mass is 9.79. The normalized spacial score (nSPS) is 20.0. The molecule has 0 aliphatic heterocycles. The third-order valence-corrected chi connectivity index (χ3v) is 6.73. The Morgan fingerprint density at radius 3 is 2.50 bits per heavy atom. The van der Waals surface area contributed by atoms with E-state index in [1.807, 2.05) is 36.4 Å². The quantitative estimate of drug-likeness (QED) is 0.537. The number of aromatic nitrogens is 4. The van der Waals surface area contributed by atoms with Gasteiger partial charge in [0, 0.05) is 25.6 Å². The van der Waals surface area contributed by atoms with Crippen molar-refractivity contribution < 1.29 is 9.53 Å². The summed E-state index contributed by atoms with van der Waals surface area (Å²) in [6.07, 6.45) is 6.96. The first-order valence-electron chi connectivity index (χ1n) is 10.4. The van der Waals surface area contributed by atoms with Crippen LogP contribution in [0.2, 0.25) is 0 Å². The van der Waals surface area contributed by atoms with Crippen molar-refractivity contribution in [2.24, 2.45) is 5.92 Å². The van der Waals surface area contributed by atoms with E-state index < -0.39 is 6.10 Å². The van der Waals surface area contributed by atoms with Crippen molar-refractivity contribution in [2.45, 2.75) is 50.5 Å². The summed E-state index contributed by atoms with van der Waals surface area (Å²) in [7, 11) is 1.57. The SMILES string of the molecule is COC(C(=O)Cc1nnc(CC2CCC(c3cccnn3)CC2)s1)c1ccccc1. The summed E-state index contributed by atoms with van der Waals surface area (Å²) in [5, 5.41) is 18.7. The van der Waals surface area contributed by atoms with Crippen molar-refractivity contribution in [2.75, 3.05) is 7.11 Å². The number of nitrogens with zero attached hydrogens (tertiary/aromatic N) is 4. The molecule has 156 valence electrons. The Bertz CT molecular complexity index is 940. The standard InChI is InChI=1S/C23H26N4O2S/c1-29-23(18-6-3-2-4-7-18)20(28)15-22-27-26-21(30-22)14-16-9-11-17(12-10-16)19-8-5-13-24-25-19/h2-8,13,16-17,23H,9-12,14-15H2,1H3. The average molecular weight is 423 g/mol. The molecule has 2 aromatic heterocycles. The lowest BCUT2D eigenvalue weighted by Gasteiger charge is -2.27. The maximum absolute atomic E-state index is 12.7.